The maximum atomic E-state index is 4.10. The third-order valence-electron chi connectivity index (χ3n) is 6.61. The van der Waals surface area contributed by atoms with E-state index in [0.717, 1.165) is 41.0 Å². The summed E-state index contributed by atoms with van der Waals surface area (Å²) in [5.41, 5.74) is 0. The van der Waals surface area contributed by atoms with Crippen molar-refractivity contribution in [1.82, 2.24) is 5.32 Å². The average molecular weight is 265 g/mol. The highest BCUT2D eigenvalue weighted by molar-refractivity contribution is 7.99. The highest BCUT2D eigenvalue weighted by atomic mass is 32.2. The third-order valence-corrected chi connectivity index (χ3v) is 7.78. The van der Waals surface area contributed by atoms with Crippen molar-refractivity contribution in [3.8, 4) is 0 Å². The molecule has 18 heavy (non-hydrogen) atoms. The van der Waals surface area contributed by atoms with Crippen LogP contribution in [0.1, 0.15) is 51.4 Å². The van der Waals surface area contributed by atoms with E-state index in [1.165, 1.54) is 32.1 Å². The van der Waals surface area contributed by atoms with Crippen LogP contribution in [-0.4, -0.2) is 23.6 Å². The molecule has 4 aliphatic rings. The summed E-state index contributed by atoms with van der Waals surface area (Å²) in [5.74, 6) is 4.43. The Hall–Kier alpha value is 0.310. The van der Waals surface area contributed by atoms with E-state index in [9.17, 15) is 0 Å². The lowest BCUT2D eigenvalue weighted by atomic mass is 9.79. The van der Waals surface area contributed by atoms with Gasteiger partial charge in [0.1, 0.15) is 0 Å². The van der Waals surface area contributed by atoms with Crippen molar-refractivity contribution in [2.75, 3.05) is 6.26 Å². The Labute approximate surface area is 116 Å². The summed E-state index contributed by atoms with van der Waals surface area (Å²) in [6, 6.07) is 1.73. The highest BCUT2D eigenvalue weighted by Gasteiger charge is 2.54. The average Bonchev–Trinajstić information content (AvgIpc) is 3.10. The molecule has 4 fully saturated rings. The predicted octanol–water partition coefficient (Wildman–Crippen LogP) is 3.68. The van der Waals surface area contributed by atoms with Gasteiger partial charge in [0, 0.05) is 17.3 Å². The molecule has 1 N–H and O–H groups in total. The summed E-state index contributed by atoms with van der Waals surface area (Å²) < 4.78 is 0. The molecular formula is C16H27NS. The summed E-state index contributed by atoms with van der Waals surface area (Å²) in [6.45, 7) is 0. The second-order valence-corrected chi connectivity index (χ2v) is 8.32. The van der Waals surface area contributed by atoms with Crippen LogP contribution in [0.15, 0.2) is 0 Å². The van der Waals surface area contributed by atoms with Crippen LogP contribution in [0.2, 0.25) is 0 Å². The molecule has 0 aromatic heterocycles. The Morgan fingerprint density at radius 1 is 0.833 bits per heavy atom. The molecule has 7 unspecified atom stereocenters. The van der Waals surface area contributed by atoms with Gasteiger partial charge in [-0.3, -0.25) is 0 Å². The Morgan fingerprint density at radius 2 is 1.67 bits per heavy atom. The number of rotatable bonds is 3. The van der Waals surface area contributed by atoms with Gasteiger partial charge in [-0.1, -0.05) is 12.8 Å². The first kappa shape index (κ1) is 12.1. The lowest BCUT2D eigenvalue weighted by Gasteiger charge is -2.35. The van der Waals surface area contributed by atoms with E-state index < -0.39 is 0 Å². The Bertz CT molecular complexity index is 318. The minimum atomic E-state index is 0.837. The molecule has 102 valence electrons. The fourth-order valence-corrected chi connectivity index (χ4v) is 6.88. The minimum absolute atomic E-state index is 0.837. The molecule has 2 heteroatoms. The number of thioether (sulfide) groups is 1. The standard InChI is InChI=1S/C16H27NS/c1-18-16-7-3-6-14(16)17-15-9-10-8-13(15)12-5-2-4-11(10)12/h10-17H,2-9H2,1H3. The molecule has 2 bridgehead atoms. The van der Waals surface area contributed by atoms with Gasteiger partial charge >= 0.3 is 0 Å². The van der Waals surface area contributed by atoms with E-state index in [0.29, 0.717) is 0 Å². The normalized spacial score (nSPS) is 54.2. The number of nitrogens with one attached hydrogen (secondary N) is 1. The number of hydrogen-bond donors (Lipinski definition) is 1. The lowest BCUT2D eigenvalue weighted by molar-refractivity contribution is 0.198. The third kappa shape index (κ3) is 1.78. The molecule has 4 saturated carbocycles. The van der Waals surface area contributed by atoms with Gasteiger partial charge in [0.2, 0.25) is 0 Å². The Morgan fingerprint density at radius 3 is 2.56 bits per heavy atom. The lowest BCUT2D eigenvalue weighted by Crippen LogP contribution is -2.46. The highest BCUT2D eigenvalue weighted by Crippen LogP contribution is 2.58. The summed E-state index contributed by atoms with van der Waals surface area (Å²) >= 11 is 2.10. The summed E-state index contributed by atoms with van der Waals surface area (Å²) in [4.78, 5) is 0. The van der Waals surface area contributed by atoms with Crippen molar-refractivity contribution in [2.24, 2.45) is 23.7 Å². The van der Waals surface area contributed by atoms with Crippen molar-refractivity contribution < 1.29 is 0 Å². The molecule has 0 aromatic carbocycles. The Kier molecular flexibility index (Phi) is 3.15. The minimum Gasteiger partial charge on any atom is -0.310 e. The van der Waals surface area contributed by atoms with E-state index in [2.05, 4.69) is 23.3 Å². The summed E-state index contributed by atoms with van der Waals surface area (Å²) in [6.07, 6.45) is 14.4. The fourth-order valence-electron chi connectivity index (χ4n) is 5.93. The van der Waals surface area contributed by atoms with Crippen LogP contribution in [0.3, 0.4) is 0 Å². The molecule has 7 atom stereocenters. The maximum absolute atomic E-state index is 4.10. The second-order valence-electron chi connectivity index (χ2n) is 7.24. The van der Waals surface area contributed by atoms with Crippen molar-refractivity contribution in [2.45, 2.75) is 68.7 Å². The first-order valence-electron chi connectivity index (χ1n) is 8.15. The van der Waals surface area contributed by atoms with Gasteiger partial charge in [-0.15, -0.1) is 0 Å². The summed E-state index contributed by atoms with van der Waals surface area (Å²) in [7, 11) is 0. The zero-order valence-electron chi connectivity index (χ0n) is 11.6. The largest absolute Gasteiger partial charge is 0.310 e. The van der Waals surface area contributed by atoms with Gasteiger partial charge in [-0.05, 0) is 68.5 Å². The van der Waals surface area contributed by atoms with Crippen molar-refractivity contribution in [3.63, 3.8) is 0 Å². The van der Waals surface area contributed by atoms with E-state index in [-0.39, 0.29) is 0 Å². The molecule has 0 heterocycles. The molecule has 0 saturated heterocycles. The topological polar surface area (TPSA) is 12.0 Å². The van der Waals surface area contributed by atoms with E-state index in [1.54, 1.807) is 19.3 Å². The van der Waals surface area contributed by atoms with E-state index in [1.807, 2.05) is 0 Å². The van der Waals surface area contributed by atoms with Crippen LogP contribution in [0, 0.1) is 23.7 Å². The number of fused-ring (bicyclic) bond motifs is 5. The molecule has 4 aliphatic carbocycles. The number of hydrogen-bond acceptors (Lipinski definition) is 2. The molecule has 1 nitrogen and oxygen atoms in total. The molecule has 0 aromatic rings. The van der Waals surface area contributed by atoms with Crippen LogP contribution < -0.4 is 5.32 Å². The van der Waals surface area contributed by atoms with Gasteiger partial charge in [0.05, 0.1) is 0 Å². The smallest absolute Gasteiger partial charge is 0.0198 e. The molecule has 0 aliphatic heterocycles. The SMILES string of the molecule is CSC1CCCC1NC1CC2CC1C1CCCC21. The van der Waals surface area contributed by atoms with Crippen molar-refractivity contribution in [1.29, 1.82) is 0 Å². The van der Waals surface area contributed by atoms with Crippen molar-refractivity contribution >= 4 is 11.8 Å². The van der Waals surface area contributed by atoms with Crippen LogP contribution in [0.4, 0.5) is 0 Å². The second kappa shape index (κ2) is 4.70. The summed E-state index contributed by atoms with van der Waals surface area (Å²) in [5, 5.41) is 5.01. The fraction of sp³-hybridized carbons (Fsp3) is 1.00. The predicted molar refractivity (Wildman–Crippen MR) is 78.9 cm³/mol. The quantitative estimate of drug-likeness (QED) is 0.835. The van der Waals surface area contributed by atoms with Gasteiger partial charge in [0.15, 0.2) is 0 Å². The monoisotopic (exact) mass is 265 g/mol. The van der Waals surface area contributed by atoms with Gasteiger partial charge < -0.3 is 5.32 Å². The zero-order chi connectivity index (χ0) is 12.1. The van der Waals surface area contributed by atoms with E-state index in [4.69, 9.17) is 0 Å². The van der Waals surface area contributed by atoms with Crippen LogP contribution in [-0.2, 0) is 0 Å². The van der Waals surface area contributed by atoms with Crippen LogP contribution in [0.5, 0.6) is 0 Å². The van der Waals surface area contributed by atoms with Gasteiger partial charge in [0.25, 0.3) is 0 Å². The van der Waals surface area contributed by atoms with Crippen LogP contribution >= 0.6 is 11.8 Å². The molecule has 0 radical (unpaired) electrons. The molecule has 0 amide bonds. The van der Waals surface area contributed by atoms with Gasteiger partial charge in [-0.25, -0.2) is 0 Å². The maximum Gasteiger partial charge on any atom is 0.0198 e. The molecule has 0 spiro atoms. The zero-order valence-corrected chi connectivity index (χ0v) is 12.4. The molecule has 4 rings (SSSR count). The van der Waals surface area contributed by atoms with Crippen LogP contribution in [0.25, 0.3) is 0 Å². The van der Waals surface area contributed by atoms with Gasteiger partial charge in [-0.2, -0.15) is 11.8 Å². The van der Waals surface area contributed by atoms with E-state index >= 15 is 0 Å². The Balaban J connectivity index is 1.42. The first-order chi connectivity index (χ1) is 8.86. The van der Waals surface area contributed by atoms with Crippen molar-refractivity contribution in [3.05, 3.63) is 0 Å². The first-order valence-corrected chi connectivity index (χ1v) is 9.44. The molecular weight excluding hydrogens is 238 g/mol.